The minimum atomic E-state index is -0.815. The summed E-state index contributed by atoms with van der Waals surface area (Å²) in [4.78, 5) is 38.5. The lowest BCUT2D eigenvalue weighted by Crippen LogP contribution is -2.30. The third kappa shape index (κ3) is 67.2. The summed E-state index contributed by atoms with van der Waals surface area (Å²) in [7, 11) is 0. The average molecular weight is 1140 g/mol. The van der Waals surface area contributed by atoms with Crippen LogP contribution in [0, 0.1) is 0 Å². The first-order valence-corrected chi connectivity index (χ1v) is 33.3. The van der Waals surface area contributed by atoms with Gasteiger partial charge in [0.15, 0.2) is 6.10 Å². The van der Waals surface area contributed by atoms with E-state index in [1.807, 2.05) is 0 Å². The summed E-state index contributed by atoms with van der Waals surface area (Å²) < 4.78 is 16.9. The maximum Gasteiger partial charge on any atom is 0.306 e. The number of rotatable bonds is 58. The summed E-state index contributed by atoms with van der Waals surface area (Å²) >= 11 is 0. The summed E-state index contributed by atoms with van der Waals surface area (Å²) in [6.07, 6.45) is 103. The predicted molar refractivity (Wildman–Crippen MR) is 361 cm³/mol. The van der Waals surface area contributed by atoms with Crippen molar-refractivity contribution in [2.45, 2.75) is 271 Å². The van der Waals surface area contributed by atoms with Crippen LogP contribution in [-0.4, -0.2) is 37.2 Å². The monoisotopic (exact) mass is 1140 g/mol. The molecule has 0 saturated carbocycles. The molecule has 0 aliphatic heterocycles. The van der Waals surface area contributed by atoms with Gasteiger partial charge in [-0.1, -0.05) is 274 Å². The highest BCUT2D eigenvalue weighted by molar-refractivity contribution is 5.71. The number of allylic oxidation sites excluding steroid dienone is 30. The number of esters is 3. The van der Waals surface area contributed by atoms with Crippen molar-refractivity contribution in [3.05, 3.63) is 182 Å². The van der Waals surface area contributed by atoms with Gasteiger partial charge >= 0.3 is 17.9 Å². The lowest BCUT2D eigenvalue weighted by molar-refractivity contribution is -0.167. The Bertz CT molecular complexity index is 1940. The van der Waals surface area contributed by atoms with Gasteiger partial charge < -0.3 is 14.2 Å². The van der Waals surface area contributed by atoms with Crippen LogP contribution in [0.15, 0.2) is 182 Å². The van der Waals surface area contributed by atoms with E-state index in [4.69, 9.17) is 14.2 Å². The van der Waals surface area contributed by atoms with Gasteiger partial charge in [-0.15, -0.1) is 0 Å². The quantitative estimate of drug-likeness (QED) is 0.0261. The Hall–Kier alpha value is -5.49. The second kappa shape index (κ2) is 69.0. The number of hydrogen-bond acceptors (Lipinski definition) is 6. The summed E-state index contributed by atoms with van der Waals surface area (Å²) in [6, 6.07) is 0. The van der Waals surface area contributed by atoms with Gasteiger partial charge in [0.25, 0.3) is 0 Å². The van der Waals surface area contributed by atoms with Crippen LogP contribution in [0.4, 0.5) is 0 Å². The number of unbranched alkanes of at least 4 members (excludes halogenated alkanes) is 17. The molecule has 0 bridgehead atoms. The molecule has 1 unspecified atom stereocenters. The van der Waals surface area contributed by atoms with E-state index in [1.165, 1.54) is 32.1 Å². The molecular weight excluding hydrogens is 1020 g/mol. The second-order valence-electron chi connectivity index (χ2n) is 21.2. The fraction of sp³-hybridized carbons (Fsp3) is 0.571. The largest absolute Gasteiger partial charge is 0.462 e. The minimum absolute atomic E-state index is 0.108. The van der Waals surface area contributed by atoms with Crippen molar-refractivity contribution >= 4 is 17.9 Å². The van der Waals surface area contributed by atoms with Crippen molar-refractivity contribution in [3.8, 4) is 0 Å². The van der Waals surface area contributed by atoms with Gasteiger partial charge in [0.05, 0.1) is 0 Å². The first-order valence-electron chi connectivity index (χ1n) is 33.3. The maximum absolute atomic E-state index is 13.0. The highest BCUT2D eigenvalue weighted by Crippen LogP contribution is 2.14. The van der Waals surface area contributed by atoms with Gasteiger partial charge in [-0.2, -0.15) is 0 Å². The van der Waals surface area contributed by atoms with Gasteiger partial charge in [0, 0.05) is 19.3 Å². The van der Waals surface area contributed by atoms with Crippen molar-refractivity contribution in [2.24, 2.45) is 0 Å². The second-order valence-corrected chi connectivity index (χ2v) is 21.2. The SMILES string of the molecule is CC/C=C\C/C=C\C/C=C\C/C=C\C/C=C\C/C=C\CCCCCCC(=O)OCC(COC(=O)CCCCCCCC/C=C\C/C=C\C/C=C\C/C=C\CC)OC(=O)CCCCCCCCC/C=C\C/C=C\C/C=C\C/C=C\C/C=C\CC. The molecule has 6 heteroatoms. The van der Waals surface area contributed by atoms with Gasteiger partial charge in [0.1, 0.15) is 13.2 Å². The van der Waals surface area contributed by atoms with Crippen molar-refractivity contribution in [3.63, 3.8) is 0 Å². The molecule has 0 fully saturated rings. The standard InChI is InChI=1S/C77H120O6/c1-4-7-10-13-16-19-22-25-28-31-34-36-38-40-43-46-49-52-55-58-61-64-67-70-76(79)82-73-74(72-81-75(78)69-66-63-60-57-54-51-48-45-42-33-30-27-24-21-18-15-12-9-6-3)83-77(80)71-68-65-62-59-56-53-50-47-44-41-39-37-35-32-29-26-23-20-17-14-11-8-5-2/h7-12,16-21,25-30,34-37,40-45,49,52,74H,4-6,13-15,22-24,31-33,38-39,46-48,50-51,53-73H2,1-3H3/b10-7-,11-8-,12-9-,19-16-,20-17-,21-18-,28-25-,29-26-,30-27-,36-34-,37-35-,43-40-,44-41-,45-42-,52-49-. The van der Waals surface area contributed by atoms with E-state index in [9.17, 15) is 14.4 Å². The Balaban J connectivity index is 4.54. The smallest absolute Gasteiger partial charge is 0.306 e. The molecule has 0 spiro atoms. The molecule has 0 aliphatic carbocycles. The number of ether oxygens (including phenoxy) is 3. The fourth-order valence-corrected chi connectivity index (χ4v) is 8.52. The lowest BCUT2D eigenvalue weighted by Gasteiger charge is -2.18. The van der Waals surface area contributed by atoms with Crippen molar-refractivity contribution in [1.82, 2.24) is 0 Å². The van der Waals surface area contributed by atoms with E-state index in [1.54, 1.807) is 0 Å². The van der Waals surface area contributed by atoms with E-state index in [0.717, 1.165) is 193 Å². The Kier molecular flexibility index (Phi) is 64.4. The third-order valence-corrected chi connectivity index (χ3v) is 13.4. The normalized spacial score (nSPS) is 13.3. The number of carbonyl (C=O) groups excluding carboxylic acids is 3. The summed E-state index contributed by atoms with van der Waals surface area (Å²) in [6.45, 7) is 6.26. The highest BCUT2D eigenvalue weighted by atomic mass is 16.6. The molecule has 0 rings (SSSR count). The summed E-state index contributed by atoms with van der Waals surface area (Å²) in [5, 5.41) is 0. The molecule has 0 aromatic rings. The van der Waals surface area contributed by atoms with Crippen LogP contribution in [0.3, 0.4) is 0 Å². The van der Waals surface area contributed by atoms with Crippen molar-refractivity contribution < 1.29 is 28.6 Å². The first kappa shape index (κ1) is 77.5. The van der Waals surface area contributed by atoms with Crippen LogP contribution in [0.2, 0.25) is 0 Å². The Labute approximate surface area is 510 Å². The van der Waals surface area contributed by atoms with E-state index in [0.29, 0.717) is 19.3 Å². The molecule has 0 aliphatic rings. The van der Waals surface area contributed by atoms with Gasteiger partial charge in [0.2, 0.25) is 0 Å². The van der Waals surface area contributed by atoms with E-state index in [2.05, 4.69) is 203 Å². The van der Waals surface area contributed by atoms with Gasteiger partial charge in [-0.05, 0) is 154 Å². The van der Waals surface area contributed by atoms with Crippen LogP contribution in [0.25, 0.3) is 0 Å². The first-order chi connectivity index (χ1) is 41.0. The van der Waals surface area contributed by atoms with Crippen LogP contribution >= 0.6 is 0 Å². The predicted octanol–water partition coefficient (Wildman–Crippen LogP) is 23.2. The van der Waals surface area contributed by atoms with Crippen LogP contribution in [0.5, 0.6) is 0 Å². The molecule has 0 aromatic carbocycles. The Morgan fingerprint density at radius 2 is 0.434 bits per heavy atom. The van der Waals surface area contributed by atoms with Gasteiger partial charge in [-0.3, -0.25) is 14.4 Å². The molecule has 83 heavy (non-hydrogen) atoms. The zero-order valence-corrected chi connectivity index (χ0v) is 53.1. The Morgan fingerprint density at radius 1 is 0.241 bits per heavy atom. The highest BCUT2D eigenvalue weighted by Gasteiger charge is 2.19. The van der Waals surface area contributed by atoms with Crippen molar-refractivity contribution in [2.75, 3.05) is 13.2 Å². The van der Waals surface area contributed by atoms with Crippen LogP contribution in [0.1, 0.15) is 265 Å². The molecule has 0 N–H and O–H groups in total. The zero-order chi connectivity index (χ0) is 59.9. The minimum Gasteiger partial charge on any atom is -0.462 e. The topological polar surface area (TPSA) is 78.9 Å². The molecule has 1 atom stereocenters. The Morgan fingerprint density at radius 3 is 0.675 bits per heavy atom. The number of carbonyl (C=O) groups is 3. The lowest BCUT2D eigenvalue weighted by atomic mass is 10.1. The molecular formula is C77H120O6. The van der Waals surface area contributed by atoms with E-state index in [-0.39, 0.29) is 31.1 Å². The fourth-order valence-electron chi connectivity index (χ4n) is 8.52. The molecule has 464 valence electrons. The van der Waals surface area contributed by atoms with Crippen LogP contribution in [-0.2, 0) is 28.6 Å². The molecule has 0 saturated heterocycles. The van der Waals surface area contributed by atoms with E-state index < -0.39 is 6.10 Å². The average Bonchev–Trinajstić information content (AvgIpc) is 3.49. The van der Waals surface area contributed by atoms with E-state index >= 15 is 0 Å². The molecule has 0 radical (unpaired) electrons. The molecule has 0 amide bonds. The molecule has 6 nitrogen and oxygen atoms in total. The zero-order valence-electron chi connectivity index (χ0n) is 53.1. The van der Waals surface area contributed by atoms with Gasteiger partial charge in [-0.25, -0.2) is 0 Å². The molecule has 0 heterocycles. The van der Waals surface area contributed by atoms with Crippen LogP contribution < -0.4 is 0 Å². The summed E-state index contributed by atoms with van der Waals surface area (Å²) in [5.41, 5.74) is 0. The third-order valence-electron chi connectivity index (χ3n) is 13.4. The van der Waals surface area contributed by atoms with Crippen molar-refractivity contribution in [1.29, 1.82) is 0 Å². The number of hydrogen-bond donors (Lipinski definition) is 0. The molecule has 0 aromatic heterocycles. The summed E-state index contributed by atoms with van der Waals surface area (Å²) in [5.74, 6) is -0.961. The maximum atomic E-state index is 13.0.